The van der Waals surface area contributed by atoms with E-state index in [1.54, 1.807) is 25.1 Å². The van der Waals surface area contributed by atoms with Crippen molar-refractivity contribution in [3.8, 4) is 5.69 Å². The SMILES string of the molecule is Cc1c[nH]c(=O)n1-c1ccccc1NS(=O)(=O)c1cc2c(cc1F)NC(=O)CC2. The van der Waals surface area contributed by atoms with Crippen molar-refractivity contribution in [2.45, 2.75) is 24.7 Å². The number of hydrogen-bond acceptors (Lipinski definition) is 4. The molecule has 0 aliphatic carbocycles. The number of H-pyrrole nitrogens is 1. The number of nitrogens with one attached hydrogen (secondary N) is 3. The fraction of sp³-hybridized carbons (Fsp3) is 0.158. The van der Waals surface area contributed by atoms with Crippen LogP contribution in [0.3, 0.4) is 0 Å². The van der Waals surface area contributed by atoms with E-state index >= 15 is 0 Å². The fourth-order valence-corrected chi connectivity index (χ4v) is 4.48. The van der Waals surface area contributed by atoms with Gasteiger partial charge < -0.3 is 10.3 Å². The second-order valence-electron chi connectivity index (χ2n) is 6.68. The summed E-state index contributed by atoms with van der Waals surface area (Å²) in [5, 5.41) is 2.53. The molecule has 2 aromatic carbocycles. The highest BCUT2D eigenvalue weighted by molar-refractivity contribution is 7.92. The number of rotatable bonds is 4. The Morgan fingerprint density at radius 2 is 1.90 bits per heavy atom. The molecule has 150 valence electrons. The monoisotopic (exact) mass is 416 g/mol. The van der Waals surface area contributed by atoms with Gasteiger partial charge >= 0.3 is 5.69 Å². The molecule has 0 atom stereocenters. The number of aromatic nitrogens is 2. The van der Waals surface area contributed by atoms with Crippen LogP contribution in [0.2, 0.25) is 0 Å². The van der Waals surface area contributed by atoms with Gasteiger partial charge in [-0.15, -0.1) is 0 Å². The minimum Gasteiger partial charge on any atom is -0.326 e. The van der Waals surface area contributed by atoms with Crippen molar-refractivity contribution < 1.29 is 17.6 Å². The Morgan fingerprint density at radius 3 is 2.62 bits per heavy atom. The summed E-state index contributed by atoms with van der Waals surface area (Å²) >= 11 is 0. The van der Waals surface area contributed by atoms with Gasteiger partial charge in [0, 0.05) is 24.0 Å². The number of aromatic amines is 1. The molecule has 0 bridgehead atoms. The summed E-state index contributed by atoms with van der Waals surface area (Å²) in [6.07, 6.45) is 2.02. The predicted octanol–water partition coefficient (Wildman–Crippen LogP) is 2.30. The number of aryl methyl sites for hydroxylation is 2. The van der Waals surface area contributed by atoms with Gasteiger partial charge in [0.25, 0.3) is 10.0 Å². The van der Waals surface area contributed by atoms with Crippen molar-refractivity contribution in [1.82, 2.24) is 9.55 Å². The van der Waals surface area contributed by atoms with Crippen LogP contribution in [0.5, 0.6) is 0 Å². The van der Waals surface area contributed by atoms with Crippen LogP contribution < -0.4 is 15.7 Å². The van der Waals surface area contributed by atoms with E-state index in [-0.39, 0.29) is 23.7 Å². The van der Waals surface area contributed by atoms with E-state index in [4.69, 9.17) is 0 Å². The molecule has 0 saturated carbocycles. The van der Waals surface area contributed by atoms with E-state index < -0.39 is 26.4 Å². The molecule has 0 radical (unpaired) electrons. The molecule has 0 saturated heterocycles. The summed E-state index contributed by atoms with van der Waals surface area (Å²) < 4.78 is 44.1. The Hall–Kier alpha value is -3.40. The standard InChI is InChI=1S/C19H17FN4O4S/c1-11-10-21-19(26)24(11)16-5-3-2-4-14(16)23-29(27,28)17-8-12-6-7-18(25)22-15(12)9-13(17)20/h2-5,8-10,23H,6-7H2,1H3,(H,21,26)(H,22,25). The number of amides is 1. The van der Waals surface area contributed by atoms with Crippen molar-refractivity contribution in [3.63, 3.8) is 0 Å². The van der Waals surface area contributed by atoms with Crippen LogP contribution >= 0.6 is 0 Å². The summed E-state index contributed by atoms with van der Waals surface area (Å²) in [5.41, 5.74) is 1.40. The maximum atomic E-state index is 14.6. The summed E-state index contributed by atoms with van der Waals surface area (Å²) in [6.45, 7) is 1.70. The van der Waals surface area contributed by atoms with E-state index in [0.717, 1.165) is 6.07 Å². The second kappa shape index (κ2) is 6.89. The first-order valence-corrected chi connectivity index (χ1v) is 10.3. The minimum atomic E-state index is -4.29. The molecule has 3 aromatic rings. The van der Waals surface area contributed by atoms with E-state index in [0.29, 0.717) is 23.4 Å². The lowest BCUT2D eigenvalue weighted by atomic mass is 10.0. The first-order chi connectivity index (χ1) is 13.8. The number of carbonyl (C=O) groups is 1. The van der Waals surface area contributed by atoms with Gasteiger partial charge in [0.1, 0.15) is 10.7 Å². The van der Waals surface area contributed by atoms with E-state index in [2.05, 4.69) is 15.0 Å². The quantitative estimate of drug-likeness (QED) is 0.606. The molecule has 1 aliphatic rings. The zero-order chi connectivity index (χ0) is 20.8. The van der Waals surface area contributed by atoms with Crippen molar-refractivity contribution in [3.05, 3.63) is 70.2 Å². The van der Waals surface area contributed by atoms with Gasteiger partial charge in [-0.25, -0.2) is 17.6 Å². The Bertz CT molecular complexity index is 1290. The first kappa shape index (κ1) is 18.9. The largest absolute Gasteiger partial charge is 0.330 e. The van der Waals surface area contributed by atoms with Gasteiger partial charge in [-0.1, -0.05) is 12.1 Å². The van der Waals surface area contributed by atoms with Gasteiger partial charge in [-0.05, 0) is 43.2 Å². The molecule has 0 unspecified atom stereocenters. The molecule has 0 fully saturated rings. The van der Waals surface area contributed by atoms with Crippen LogP contribution in [-0.4, -0.2) is 23.9 Å². The molecule has 1 aromatic heterocycles. The summed E-state index contributed by atoms with van der Waals surface area (Å²) in [7, 11) is -4.29. The lowest BCUT2D eigenvalue weighted by Gasteiger charge is -2.19. The van der Waals surface area contributed by atoms with Gasteiger partial charge in [0.2, 0.25) is 5.91 Å². The van der Waals surface area contributed by atoms with Gasteiger partial charge in [-0.3, -0.25) is 14.1 Å². The molecule has 2 heterocycles. The maximum absolute atomic E-state index is 14.6. The van der Waals surface area contributed by atoms with E-state index in [1.807, 2.05) is 0 Å². The first-order valence-electron chi connectivity index (χ1n) is 8.78. The number of carbonyl (C=O) groups excluding carboxylic acids is 1. The molecule has 4 rings (SSSR count). The predicted molar refractivity (Wildman–Crippen MR) is 105 cm³/mol. The Balaban J connectivity index is 1.77. The highest BCUT2D eigenvalue weighted by atomic mass is 32.2. The maximum Gasteiger partial charge on any atom is 0.330 e. The third-order valence-electron chi connectivity index (χ3n) is 4.69. The molecule has 0 spiro atoms. The molecule has 29 heavy (non-hydrogen) atoms. The number of hydrogen-bond donors (Lipinski definition) is 3. The molecule has 10 heteroatoms. The molecular formula is C19H17FN4O4S. The Labute approximate surface area is 165 Å². The van der Waals surface area contributed by atoms with Crippen molar-refractivity contribution >= 4 is 27.3 Å². The van der Waals surface area contributed by atoms with Gasteiger partial charge in [0.15, 0.2) is 0 Å². The highest BCUT2D eigenvalue weighted by Crippen LogP contribution is 2.30. The summed E-state index contributed by atoms with van der Waals surface area (Å²) in [4.78, 5) is 25.6. The number of fused-ring (bicyclic) bond motifs is 1. The van der Waals surface area contributed by atoms with Crippen LogP contribution in [0, 0.1) is 12.7 Å². The van der Waals surface area contributed by atoms with Crippen LogP contribution in [0.25, 0.3) is 5.69 Å². The molecule has 3 N–H and O–H groups in total. The highest BCUT2D eigenvalue weighted by Gasteiger charge is 2.25. The van der Waals surface area contributed by atoms with Crippen molar-refractivity contribution in [1.29, 1.82) is 0 Å². The fourth-order valence-electron chi connectivity index (χ4n) is 3.30. The third kappa shape index (κ3) is 3.42. The van der Waals surface area contributed by atoms with E-state index in [1.165, 1.54) is 22.9 Å². The van der Waals surface area contributed by atoms with Crippen LogP contribution in [-0.2, 0) is 21.2 Å². The number of sulfonamides is 1. The zero-order valence-electron chi connectivity index (χ0n) is 15.3. The topological polar surface area (TPSA) is 113 Å². The lowest BCUT2D eigenvalue weighted by Crippen LogP contribution is -2.22. The molecule has 1 aliphatic heterocycles. The third-order valence-corrected chi connectivity index (χ3v) is 6.07. The average molecular weight is 416 g/mol. The second-order valence-corrected chi connectivity index (χ2v) is 8.33. The van der Waals surface area contributed by atoms with Crippen molar-refractivity contribution in [2.24, 2.45) is 0 Å². The zero-order valence-corrected chi connectivity index (χ0v) is 16.1. The van der Waals surface area contributed by atoms with Crippen LogP contribution in [0.1, 0.15) is 17.7 Å². The average Bonchev–Trinajstić information content (AvgIpc) is 2.99. The summed E-state index contributed by atoms with van der Waals surface area (Å²) in [5.74, 6) is -1.22. The normalized spacial score (nSPS) is 13.7. The summed E-state index contributed by atoms with van der Waals surface area (Å²) in [6, 6.07) is 8.57. The number of para-hydroxylation sites is 2. The molecular weight excluding hydrogens is 399 g/mol. The van der Waals surface area contributed by atoms with Crippen LogP contribution in [0.4, 0.5) is 15.8 Å². The minimum absolute atomic E-state index is 0.128. The van der Waals surface area contributed by atoms with Crippen molar-refractivity contribution in [2.75, 3.05) is 10.0 Å². The smallest absolute Gasteiger partial charge is 0.326 e. The number of anilines is 2. The number of halogens is 1. The van der Waals surface area contributed by atoms with E-state index in [9.17, 15) is 22.4 Å². The molecule has 8 nitrogen and oxygen atoms in total. The Kier molecular flexibility index (Phi) is 4.50. The Morgan fingerprint density at radius 1 is 1.14 bits per heavy atom. The van der Waals surface area contributed by atoms with Crippen LogP contribution in [0.15, 0.2) is 52.3 Å². The number of benzene rings is 2. The van der Waals surface area contributed by atoms with Gasteiger partial charge in [-0.2, -0.15) is 0 Å². The molecule has 1 amide bonds. The number of imidazole rings is 1. The van der Waals surface area contributed by atoms with Gasteiger partial charge in [0.05, 0.1) is 11.4 Å². The lowest BCUT2D eigenvalue weighted by molar-refractivity contribution is -0.116. The number of nitrogens with zero attached hydrogens (tertiary/aromatic N) is 1.